The highest BCUT2D eigenvalue weighted by atomic mass is 15.4. The van der Waals surface area contributed by atoms with Gasteiger partial charge in [0.25, 0.3) is 0 Å². The van der Waals surface area contributed by atoms with Crippen LogP contribution >= 0.6 is 0 Å². The summed E-state index contributed by atoms with van der Waals surface area (Å²) >= 11 is 0. The molecule has 0 aromatic rings. The molecule has 0 amide bonds. The maximum absolute atomic E-state index is 5.38. The van der Waals surface area contributed by atoms with Crippen LogP contribution in [0.25, 0.3) is 0 Å². The van der Waals surface area contributed by atoms with Crippen molar-refractivity contribution in [2.45, 2.75) is 32.1 Å². The van der Waals surface area contributed by atoms with Gasteiger partial charge in [0.15, 0.2) is 0 Å². The second kappa shape index (κ2) is 5.80. The van der Waals surface area contributed by atoms with Gasteiger partial charge in [0.1, 0.15) is 0 Å². The molecule has 0 spiro atoms. The first kappa shape index (κ1) is 10.3. The minimum Gasteiger partial charge on any atom is -0.342 e. The number of guanidine groups is 1. The van der Waals surface area contributed by atoms with Crippen molar-refractivity contribution in [3.8, 4) is 0 Å². The van der Waals surface area contributed by atoms with E-state index >= 15 is 0 Å². The van der Waals surface area contributed by atoms with Crippen LogP contribution in [-0.2, 0) is 0 Å². The van der Waals surface area contributed by atoms with E-state index in [2.05, 4.69) is 15.3 Å². The molecular weight excluding hydrogens is 164 g/mol. The van der Waals surface area contributed by atoms with Gasteiger partial charge < -0.3 is 4.90 Å². The summed E-state index contributed by atoms with van der Waals surface area (Å²) in [5.41, 5.74) is 2.65. The number of hydrogen-bond donors (Lipinski definition) is 2. The van der Waals surface area contributed by atoms with Gasteiger partial charge in [-0.2, -0.15) is 0 Å². The Kier molecular flexibility index (Phi) is 4.60. The maximum atomic E-state index is 5.38. The molecule has 1 aliphatic rings. The minimum atomic E-state index is 0.821. The third-order valence-corrected chi connectivity index (χ3v) is 2.50. The second-order valence-corrected chi connectivity index (χ2v) is 3.45. The molecule has 0 aliphatic carbocycles. The smallest absolute Gasteiger partial charge is 0.208 e. The van der Waals surface area contributed by atoms with Crippen molar-refractivity contribution in [3.05, 3.63) is 0 Å². The lowest BCUT2D eigenvalue weighted by molar-refractivity contribution is 0.352. The van der Waals surface area contributed by atoms with Crippen LogP contribution in [0.3, 0.4) is 0 Å². The van der Waals surface area contributed by atoms with E-state index in [1.165, 1.54) is 32.1 Å². The standard InChI is InChI=1S/C9H20N4/c1-11-9(12-10)13-7-5-3-2-4-6-8-13/h2-8,10H2,1H3,(H,11,12). The third-order valence-electron chi connectivity index (χ3n) is 2.50. The van der Waals surface area contributed by atoms with Crippen molar-refractivity contribution >= 4 is 5.96 Å². The average molecular weight is 184 g/mol. The molecule has 4 heteroatoms. The van der Waals surface area contributed by atoms with Crippen molar-refractivity contribution < 1.29 is 0 Å². The molecule has 0 saturated carbocycles. The van der Waals surface area contributed by atoms with Gasteiger partial charge in [-0.25, -0.2) is 5.84 Å². The van der Waals surface area contributed by atoms with Gasteiger partial charge in [-0.15, -0.1) is 0 Å². The Bertz CT molecular complexity index is 159. The molecule has 0 atom stereocenters. The average Bonchev–Trinajstić information content (AvgIpc) is 2.09. The summed E-state index contributed by atoms with van der Waals surface area (Å²) in [6, 6.07) is 0. The van der Waals surface area contributed by atoms with Crippen LogP contribution in [0.2, 0.25) is 0 Å². The summed E-state index contributed by atoms with van der Waals surface area (Å²) in [5.74, 6) is 6.20. The van der Waals surface area contributed by atoms with Crippen molar-refractivity contribution in [1.29, 1.82) is 0 Å². The number of nitrogens with one attached hydrogen (secondary N) is 1. The number of nitrogens with two attached hydrogens (primary N) is 1. The first-order chi connectivity index (χ1) is 6.38. The SMILES string of the molecule is CN=C(NN)N1CCCCCCC1. The van der Waals surface area contributed by atoms with Crippen molar-refractivity contribution in [1.82, 2.24) is 10.3 Å². The van der Waals surface area contributed by atoms with Crippen molar-refractivity contribution in [2.24, 2.45) is 10.8 Å². The summed E-state index contributed by atoms with van der Waals surface area (Å²) in [6.45, 7) is 2.16. The first-order valence-electron chi connectivity index (χ1n) is 5.07. The van der Waals surface area contributed by atoms with E-state index in [1.54, 1.807) is 7.05 Å². The second-order valence-electron chi connectivity index (χ2n) is 3.45. The molecular formula is C9H20N4. The van der Waals surface area contributed by atoms with Gasteiger partial charge in [-0.1, -0.05) is 19.3 Å². The summed E-state index contributed by atoms with van der Waals surface area (Å²) in [5, 5.41) is 0. The van der Waals surface area contributed by atoms with E-state index < -0.39 is 0 Å². The molecule has 0 unspecified atom stereocenters. The van der Waals surface area contributed by atoms with E-state index in [4.69, 9.17) is 5.84 Å². The molecule has 1 saturated heterocycles. The fraction of sp³-hybridized carbons (Fsp3) is 0.889. The molecule has 1 heterocycles. The lowest BCUT2D eigenvalue weighted by Gasteiger charge is -2.26. The highest BCUT2D eigenvalue weighted by molar-refractivity contribution is 5.79. The highest BCUT2D eigenvalue weighted by Gasteiger charge is 2.10. The molecule has 13 heavy (non-hydrogen) atoms. The van der Waals surface area contributed by atoms with E-state index in [0.717, 1.165) is 19.0 Å². The number of aliphatic imine (C=N–C) groups is 1. The fourth-order valence-corrected chi connectivity index (χ4v) is 1.76. The molecule has 0 aromatic heterocycles. The van der Waals surface area contributed by atoms with E-state index in [1.807, 2.05) is 0 Å². The highest BCUT2D eigenvalue weighted by Crippen LogP contribution is 2.10. The van der Waals surface area contributed by atoms with Gasteiger partial charge in [0.05, 0.1) is 0 Å². The Balaban J connectivity index is 2.44. The quantitative estimate of drug-likeness (QED) is 0.252. The summed E-state index contributed by atoms with van der Waals surface area (Å²) in [7, 11) is 1.77. The van der Waals surface area contributed by atoms with Gasteiger partial charge >= 0.3 is 0 Å². The van der Waals surface area contributed by atoms with E-state index in [9.17, 15) is 0 Å². The Morgan fingerprint density at radius 3 is 2.15 bits per heavy atom. The lowest BCUT2D eigenvalue weighted by atomic mass is 10.1. The number of likely N-dealkylation sites (tertiary alicyclic amines) is 1. The van der Waals surface area contributed by atoms with Gasteiger partial charge in [0.2, 0.25) is 5.96 Å². The van der Waals surface area contributed by atoms with Crippen LogP contribution in [0.4, 0.5) is 0 Å². The first-order valence-corrected chi connectivity index (χ1v) is 5.07. The molecule has 1 aliphatic heterocycles. The molecule has 1 rings (SSSR count). The zero-order chi connectivity index (χ0) is 9.52. The van der Waals surface area contributed by atoms with Crippen LogP contribution in [-0.4, -0.2) is 31.0 Å². The van der Waals surface area contributed by atoms with Crippen LogP contribution in [0, 0.1) is 0 Å². The lowest BCUT2D eigenvalue weighted by Crippen LogP contribution is -2.45. The van der Waals surface area contributed by atoms with Crippen LogP contribution in [0.15, 0.2) is 4.99 Å². The van der Waals surface area contributed by atoms with Gasteiger partial charge in [-0.3, -0.25) is 10.4 Å². The predicted molar refractivity (Wildman–Crippen MR) is 55.3 cm³/mol. The van der Waals surface area contributed by atoms with Crippen molar-refractivity contribution in [3.63, 3.8) is 0 Å². The van der Waals surface area contributed by atoms with Crippen LogP contribution in [0.5, 0.6) is 0 Å². The largest absolute Gasteiger partial charge is 0.342 e. The Morgan fingerprint density at radius 1 is 1.15 bits per heavy atom. The molecule has 0 aromatic carbocycles. The maximum Gasteiger partial charge on any atom is 0.208 e. The van der Waals surface area contributed by atoms with E-state index in [-0.39, 0.29) is 0 Å². The third kappa shape index (κ3) is 3.22. The fourth-order valence-electron chi connectivity index (χ4n) is 1.76. The van der Waals surface area contributed by atoms with Crippen LogP contribution < -0.4 is 11.3 Å². The molecule has 0 radical (unpaired) electrons. The Labute approximate surface area is 80.2 Å². The molecule has 76 valence electrons. The normalized spacial score (nSPS) is 20.8. The number of hydrogen-bond acceptors (Lipinski definition) is 2. The molecule has 1 fully saturated rings. The predicted octanol–water partition coefficient (Wildman–Crippen LogP) is 0.702. The van der Waals surface area contributed by atoms with Gasteiger partial charge in [-0.05, 0) is 12.8 Å². The molecule has 0 bridgehead atoms. The number of hydrazine groups is 1. The van der Waals surface area contributed by atoms with Crippen molar-refractivity contribution in [2.75, 3.05) is 20.1 Å². The summed E-state index contributed by atoms with van der Waals surface area (Å²) in [4.78, 5) is 6.34. The Hall–Kier alpha value is -0.770. The minimum absolute atomic E-state index is 0.821. The van der Waals surface area contributed by atoms with Gasteiger partial charge in [0, 0.05) is 20.1 Å². The Morgan fingerprint density at radius 2 is 1.69 bits per heavy atom. The molecule has 3 N–H and O–H groups in total. The summed E-state index contributed by atoms with van der Waals surface area (Å²) in [6.07, 6.45) is 6.54. The monoisotopic (exact) mass is 184 g/mol. The van der Waals surface area contributed by atoms with E-state index in [0.29, 0.717) is 0 Å². The zero-order valence-electron chi connectivity index (χ0n) is 8.42. The topological polar surface area (TPSA) is 53.6 Å². The number of nitrogens with zero attached hydrogens (tertiary/aromatic N) is 2. The van der Waals surface area contributed by atoms with Crippen LogP contribution in [0.1, 0.15) is 32.1 Å². The molecule has 4 nitrogen and oxygen atoms in total. The summed E-state index contributed by atoms with van der Waals surface area (Å²) < 4.78 is 0. The number of rotatable bonds is 0. The zero-order valence-corrected chi connectivity index (χ0v) is 8.42.